The van der Waals surface area contributed by atoms with Crippen LogP contribution >= 0.6 is 0 Å². The third-order valence-electron chi connectivity index (χ3n) is 1.31. The van der Waals surface area contributed by atoms with E-state index in [1.807, 2.05) is 0 Å². The van der Waals surface area contributed by atoms with Gasteiger partial charge in [-0.05, 0) is 18.2 Å². The smallest absolute Gasteiger partial charge is 0.335 e. The van der Waals surface area contributed by atoms with E-state index in [9.17, 15) is 13.2 Å². The largest absolute Gasteiger partial charge is 0.478 e. The molecule has 0 aliphatic heterocycles. The van der Waals surface area contributed by atoms with Crippen LogP contribution in [-0.2, 0) is 10.1 Å². The summed E-state index contributed by atoms with van der Waals surface area (Å²) in [6.45, 7) is 0. The summed E-state index contributed by atoms with van der Waals surface area (Å²) in [6.07, 6.45) is 0. The molecule has 1 aromatic rings. The number of rotatable bonds is 2. The number of benzene rings is 1. The molecule has 0 spiro atoms. The van der Waals surface area contributed by atoms with E-state index < -0.39 is 21.0 Å². The van der Waals surface area contributed by atoms with Crippen LogP contribution in [0.25, 0.3) is 0 Å². The molecule has 0 aromatic heterocycles. The molecular formula is C7H5O5S. The molecule has 1 rings (SSSR count). The zero-order valence-electron chi connectivity index (χ0n) is 6.26. The van der Waals surface area contributed by atoms with E-state index in [-0.39, 0.29) is 5.56 Å². The predicted molar refractivity (Wildman–Crippen MR) is 42.1 cm³/mol. The average molecular weight is 201 g/mol. The van der Waals surface area contributed by atoms with Crippen LogP contribution in [0, 0.1) is 6.07 Å². The SMILES string of the molecule is O=C(O)c1c[c]c(S(=O)(=O)O)cc1. The van der Waals surface area contributed by atoms with Crippen LogP contribution in [0.15, 0.2) is 23.1 Å². The second kappa shape index (κ2) is 3.15. The van der Waals surface area contributed by atoms with Gasteiger partial charge in [0.15, 0.2) is 0 Å². The van der Waals surface area contributed by atoms with Gasteiger partial charge in [-0.2, -0.15) is 8.42 Å². The molecule has 0 aliphatic carbocycles. The third-order valence-corrected chi connectivity index (χ3v) is 2.12. The predicted octanol–water partition coefficient (Wildman–Crippen LogP) is 0.432. The first-order valence-electron chi connectivity index (χ1n) is 3.14. The third kappa shape index (κ3) is 2.27. The Balaban J connectivity index is 3.16. The molecule has 1 aromatic carbocycles. The molecule has 0 aliphatic rings. The maximum atomic E-state index is 10.5. The topological polar surface area (TPSA) is 91.7 Å². The molecule has 0 saturated carbocycles. The van der Waals surface area contributed by atoms with Crippen LogP contribution in [0.2, 0.25) is 0 Å². The highest BCUT2D eigenvalue weighted by atomic mass is 32.2. The van der Waals surface area contributed by atoms with Crippen molar-refractivity contribution >= 4 is 16.1 Å². The highest BCUT2D eigenvalue weighted by molar-refractivity contribution is 7.85. The fourth-order valence-corrected chi connectivity index (χ4v) is 1.15. The fourth-order valence-electron chi connectivity index (χ4n) is 0.704. The Morgan fingerprint density at radius 2 is 2.00 bits per heavy atom. The average Bonchev–Trinajstić information content (AvgIpc) is 2.03. The summed E-state index contributed by atoms with van der Waals surface area (Å²) >= 11 is 0. The summed E-state index contributed by atoms with van der Waals surface area (Å²) in [6, 6.07) is 5.16. The zero-order valence-corrected chi connectivity index (χ0v) is 7.08. The lowest BCUT2D eigenvalue weighted by Crippen LogP contribution is -2.00. The van der Waals surface area contributed by atoms with Crippen molar-refractivity contribution in [2.24, 2.45) is 0 Å². The van der Waals surface area contributed by atoms with E-state index in [0.717, 1.165) is 18.2 Å². The molecule has 69 valence electrons. The quantitative estimate of drug-likeness (QED) is 0.677. The number of carbonyl (C=O) groups is 1. The van der Waals surface area contributed by atoms with E-state index in [4.69, 9.17) is 9.66 Å². The van der Waals surface area contributed by atoms with Crippen LogP contribution in [0.4, 0.5) is 0 Å². The molecule has 2 N–H and O–H groups in total. The van der Waals surface area contributed by atoms with Crippen LogP contribution in [0.1, 0.15) is 10.4 Å². The van der Waals surface area contributed by atoms with Crippen molar-refractivity contribution in [1.29, 1.82) is 0 Å². The molecule has 0 heterocycles. The highest BCUT2D eigenvalue weighted by Crippen LogP contribution is 2.08. The monoisotopic (exact) mass is 201 g/mol. The second-order valence-electron chi connectivity index (χ2n) is 2.22. The van der Waals surface area contributed by atoms with E-state index in [0.29, 0.717) is 0 Å². The Labute approximate surface area is 74.4 Å². The number of carboxylic acid groups (broad SMARTS) is 1. The van der Waals surface area contributed by atoms with Gasteiger partial charge >= 0.3 is 5.97 Å². The number of hydrogen-bond acceptors (Lipinski definition) is 3. The summed E-state index contributed by atoms with van der Waals surface area (Å²) in [5, 5.41) is 8.45. The summed E-state index contributed by atoms with van der Waals surface area (Å²) in [5.74, 6) is -1.18. The Bertz CT molecular complexity index is 417. The molecule has 0 saturated heterocycles. The first-order chi connectivity index (χ1) is 5.91. The van der Waals surface area contributed by atoms with Gasteiger partial charge in [0.2, 0.25) is 0 Å². The van der Waals surface area contributed by atoms with E-state index in [1.54, 1.807) is 0 Å². The lowest BCUT2D eigenvalue weighted by molar-refractivity contribution is 0.0696. The van der Waals surface area contributed by atoms with Gasteiger partial charge in [-0.3, -0.25) is 4.55 Å². The van der Waals surface area contributed by atoms with Crippen LogP contribution < -0.4 is 0 Å². The Morgan fingerprint density at radius 1 is 1.38 bits per heavy atom. The Kier molecular flexibility index (Phi) is 2.35. The van der Waals surface area contributed by atoms with E-state index in [1.165, 1.54) is 0 Å². The second-order valence-corrected chi connectivity index (χ2v) is 3.61. The molecule has 0 bridgehead atoms. The van der Waals surface area contributed by atoms with Gasteiger partial charge in [-0.1, -0.05) is 0 Å². The normalized spacial score (nSPS) is 11.2. The number of hydrogen-bond donors (Lipinski definition) is 2. The van der Waals surface area contributed by atoms with Gasteiger partial charge in [-0.15, -0.1) is 0 Å². The molecule has 6 heteroatoms. The maximum absolute atomic E-state index is 10.5. The summed E-state index contributed by atoms with van der Waals surface area (Å²) in [5.41, 5.74) is -0.0904. The Hall–Kier alpha value is -1.40. The van der Waals surface area contributed by atoms with Crippen molar-refractivity contribution in [2.75, 3.05) is 0 Å². The molecule has 13 heavy (non-hydrogen) atoms. The van der Waals surface area contributed by atoms with Crippen molar-refractivity contribution in [2.45, 2.75) is 4.90 Å². The molecule has 0 atom stereocenters. The summed E-state index contributed by atoms with van der Waals surface area (Å²) < 4.78 is 29.5. The van der Waals surface area contributed by atoms with E-state index in [2.05, 4.69) is 6.07 Å². The first-order valence-corrected chi connectivity index (χ1v) is 4.58. The van der Waals surface area contributed by atoms with Gasteiger partial charge in [0, 0.05) is 6.07 Å². The van der Waals surface area contributed by atoms with E-state index >= 15 is 0 Å². The van der Waals surface area contributed by atoms with Crippen LogP contribution in [0.3, 0.4) is 0 Å². The van der Waals surface area contributed by atoms with Crippen molar-refractivity contribution in [3.05, 3.63) is 29.8 Å². The molecule has 5 nitrogen and oxygen atoms in total. The van der Waals surface area contributed by atoms with Gasteiger partial charge in [0.1, 0.15) is 4.90 Å². The molecular weight excluding hydrogens is 196 g/mol. The Morgan fingerprint density at radius 3 is 2.31 bits per heavy atom. The van der Waals surface area contributed by atoms with Crippen LogP contribution in [-0.4, -0.2) is 24.0 Å². The number of carboxylic acids is 1. The summed E-state index contributed by atoms with van der Waals surface area (Å²) in [7, 11) is -4.29. The van der Waals surface area contributed by atoms with Crippen molar-refractivity contribution in [1.82, 2.24) is 0 Å². The standard InChI is InChI=1S/C7H5O5S/c8-7(9)5-1-3-6(4-2-5)13(10,11)12/h1-3H,(H,8,9)(H,10,11,12). The molecule has 0 unspecified atom stereocenters. The zero-order chi connectivity index (χ0) is 10.1. The van der Waals surface area contributed by atoms with Crippen molar-refractivity contribution < 1.29 is 22.9 Å². The fraction of sp³-hybridized carbons (Fsp3) is 0. The maximum Gasteiger partial charge on any atom is 0.335 e. The molecule has 0 fully saturated rings. The lowest BCUT2D eigenvalue weighted by Gasteiger charge is -1.96. The van der Waals surface area contributed by atoms with Gasteiger partial charge in [0.25, 0.3) is 10.1 Å². The van der Waals surface area contributed by atoms with Crippen molar-refractivity contribution in [3.8, 4) is 0 Å². The minimum Gasteiger partial charge on any atom is -0.478 e. The molecule has 1 radical (unpaired) electrons. The highest BCUT2D eigenvalue weighted by Gasteiger charge is 2.10. The van der Waals surface area contributed by atoms with Gasteiger partial charge in [0.05, 0.1) is 5.56 Å². The first kappa shape index (κ1) is 9.69. The lowest BCUT2D eigenvalue weighted by atomic mass is 10.2. The minimum atomic E-state index is -4.29. The van der Waals surface area contributed by atoms with Gasteiger partial charge in [-0.25, -0.2) is 4.79 Å². The van der Waals surface area contributed by atoms with Gasteiger partial charge < -0.3 is 5.11 Å². The number of aromatic carboxylic acids is 1. The summed E-state index contributed by atoms with van der Waals surface area (Å²) in [4.78, 5) is 9.88. The van der Waals surface area contributed by atoms with Crippen LogP contribution in [0.5, 0.6) is 0 Å². The minimum absolute atomic E-state index is 0.0904. The van der Waals surface area contributed by atoms with Crippen molar-refractivity contribution in [3.63, 3.8) is 0 Å². The molecule has 0 amide bonds.